The maximum absolute atomic E-state index is 12.2. The van der Waals surface area contributed by atoms with Gasteiger partial charge < -0.3 is 0 Å². The maximum atomic E-state index is 12.2. The number of Topliss-reactive ketones (excluding diaryl/α,β-unsaturated/α-hetero) is 1. The fourth-order valence-electron chi connectivity index (χ4n) is 3.58. The Labute approximate surface area is 98.6 Å². The summed E-state index contributed by atoms with van der Waals surface area (Å²) in [5.41, 5.74) is 2.38. The second-order valence-corrected chi connectivity index (χ2v) is 5.73. The predicted molar refractivity (Wildman–Crippen MR) is 67.1 cm³/mol. The summed E-state index contributed by atoms with van der Waals surface area (Å²) in [6.45, 7) is 10.3. The van der Waals surface area contributed by atoms with Crippen molar-refractivity contribution in [3.8, 4) is 0 Å². The zero-order chi connectivity index (χ0) is 11.9. The van der Waals surface area contributed by atoms with Crippen molar-refractivity contribution in [2.45, 2.75) is 46.5 Å². The Kier molecular flexibility index (Phi) is 2.81. The summed E-state index contributed by atoms with van der Waals surface area (Å²) >= 11 is 0. The molecule has 3 atom stereocenters. The molecule has 0 amide bonds. The first-order valence-corrected chi connectivity index (χ1v) is 6.37. The minimum absolute atomic E-state index is 0.119. The molecule has 2 aliphatic rings. The average Bonchev–Trinajstić information content (AvgIpc) is 2.57. The van der Waals surface area contributed by atoms with Crippen LogP contribution in [-0.4, -0.2) is 5.78 Å². The van der Waals surface area contributed by atoms with Crippen LogP contribution >= 0.6 is 0 Å². The molecule has 0 aromatic heterocycles. The van der Waals surface area contributed by atoms with Crippen LogP contribution in [0.3, 0.4) is 0 Å². The number of carbonyl (C=O) groups is 1. The molecule has 88 valence electrons. The van der Waals surface area contributed by atoms with Gasteiger partial charge in [-0.15, -0.1) is 0 Å². The van der Waals surface area contributed by atoms with Crippen LogP contribution in [0.5, 0.6) is 0 Å². The third-order valence-electron chi connectivity index (χ3n) is 4.87. The van der Waals surface area contributed by atoms with Crippen LogP contribution in [0.25, 0.3) is 0 Å². The highest BCUT2D eigenvalue weighted by molar-refractivity contribution is 5.97. The molecule has 0 aromatic rings. The van der Waals surface area contributed by atoms with E-state index in [1.807, 2.05) is 6.92 Å². The van der Waals surface area contributed by atoms with Gasteiger partial charge in [0, 0.05) is 11.3 Å². The summed E-state index contributed by atoms with van der Waals surface area (Å²) in [7, 11) is 0. The van der Waals surface area contributed by atoms with Gasteiger partial charge in [-0.3, -0.25) is 4.79 Å². The highest BCUT2D eigenvalue weighted by Gasteiger charge is 2.50. The van der Waals surface area contributed by atoms with Crippen molar-refractivity contribution in [1.82, 2.24) is 0 Å². The Morgan fingerprint density at radius 1 is 1.50 bits per heavy atom. The first-order chi connectivity index (χ1) is 7.48. The van der Waals surface area contributed by atoms with Gasteiger partial charge in [-0.1, -0.05) is 32.1 Å². The van der Waals surface area contributed by atoms with Gasteiger partial charge in [0.05, 0.1) is 0 Å². The monoisotopic (exact) mass is 218 g/mol. The molecule has 0 bridgehead atoms. The number of rotatable bonds is 2. The van der Waals surface area contributed by atoms with Crippen LogP contribution in [0.2, 0.25) is 0 Å². The van der Waals surface area contributed by atoms with Gasteiger partial charge in [-0.25, -0.2) is 0 Å². The van der Waals surface area contributed by atoms with E-state index in [2.05, 4.69) is 26.5 Å². The number of ketones is 1. The van der Waals surface area contributed by atoms with E-state index in [0.29, 0.717) is 11.7 Å². The van der Waals surface area contributed by atoms with Crippen LogP contribution in [-0.2, 0) is 4.79 Å². The minimum Gasteiger partial charge on any atom is -0.294 e. The molecule has 2 rings (SSSR count). The average molecular weight is 218 g/mol. The highest BCUT2D eigenvalue weighted by atomic mass is 16.1. The van der Waals surface area contributed by atoms with Gasteiger partial charge in [0.1, 0.15) is 0 Å². The summed E-state index contributed by atoms with van der Waals surface area (Å²) in [5.74, 6) is 1.11. The summed E-state index contributed by atoms with van der Waals surface area (Å²) in [4.78, 5) is 12.2. The van der Waals surface area contributed by atoms with Crippen LogP contribution in [0.1, 0.15) is 46.5 Å². The van der Waals surface area contributed by atoms with Crippen molar-refractivity contribution >= 4 is 5.78 Å². The topological polar surface area (TPSA) is 17.1 Å². The lowest BCUT2D eigenvalue weighted by atomic mass is 9.62. The van der Waals surface area contributed by atoms with Gasteiger partial charge in [-0.05, 0) is 44.1 Å². The molecule has 0 radical (unpaired) electrons. The molecule has 1 heteroatoms. The molecular formula is C15H22O. The summed E-state index contributed by atoms with van der Waals surface area (Å²) in [6, 6.07) is 0. The Bertz CT molecular complexity index is 364. The molecule has 0 aromatic carbocycles. The molecule has 0 saturated heterocycles. The van der Waals surface area contributed by atoms with Crippen LogP contribution < -0.4 is 0 Å². The Balaban J connectivity index is 2.37. The van der Waals surface area contributed by atoms with Gasteiger partial charge in [-0.2, -0.15) is 0 Å². The summed E-state index contributed by atoms with van der Waals surface area (Å²) in [5, 5.41) is 0. The summed E-state index contributed by atoms with van der Waals surface area (Å²) in [6.07, 6.45) is 6.94. The van der Waals surface area contributed by atoms with E-state index in [1.54, 1.807) is 0 Å². The number of hydrogen-bond donors (Lipinski definition) is 0. The molecule has 0 N–H and O–H groups in total. The summed E-state index contributed by atoms with van der Waals surface area (Å²) < 4.78 is 0. The molecule has 0 spiro atoms. The quantitative estimate of drug-likeness (QED) is 0.507. The molecule has 2 aliphatic carbocycles. The Hall–Kier alpha value is -0.850. The van der Waals surface area contributed by atoms with Gasteiger partial charge in [0.2, 0.25) is 0 Å². The van der Waals surface area contributed by atoms with E-state index in [9.17, 15) is 4.79 Å². The van der Waals surface area contributed by atoms with Gasteiger partial charge in [0.15, 0.2) is 5.78 Å². The smallest absolute Gasteiger partial charge is 0.161 e. The van der Waals surface area contributed by atoms with Crippen LogP contribution in [0.4, 0.5) is 0 Å². The zero-order valence-electron chi connectivity index (χ0n) is 10.7. The molecule has 0 heterocycles. The van der Waals surface area contributed by atoms with E-state index < -0.39 is 0 Å². The molecule has 16 heavy (non-hydrogen) atoms. The minimum atomic E-state index is 0.119. The predicted octanol–water partition coefficient (Wildman–Crippen LogP) is 3.90. The van der Waals surface area contributed by atoms with Crippen molar-refractivity contribution in [3.05, 3.63) is 23.8 Å². The van der Waals surface area contributed by atoms with Gasteiger partial charge >= 0.3 is 0 Å². The van der Waals surface area contributed by atoms with Crippen molar-refractivity contribution in [1.29, 1.82) is 0 Å². The third kappa shape index (κ3) is 1.49. The van der Waals surface area contributed by atoms with Crippen molar-refractivity contribution in [2.75, 3.05) is 0 Å². The van der Waals surface area contributed by atoms with E-state index in [-0.39, 0.29) is 11.3 Å². The van der Waals surface area contributed by atoms with Crippen molar-refractivity contribution in [3.63, 3.8) is 0 Å². The number of allylic oxidation sites excluding steroid dienone is 3. The van der Waals surface area contributed by atoms with Crippen LogP contribution in [0, 0.1) is 17.3 Å². The standard InChI is InChI=1S/C15H22O/c1-10(2)14(16)13-9-8-12-7-5-6-11(3)15(12,13)4/h7,11,13H,1,5-6,8-9H2,2-4H3/t11-,13+,15+/m0/s1. The normalized spacial score (nSPS) is 37.8. The molecule has 1 nitrogen and oxygen atoms in total. The second kappa shape index (κ2) is 3.87. The Morgan fingerprint density at radius 3 is 2.81 bits per heavy atom. The SMILES string of the molecule is C=C(C)C(=O)[C@H]1CCC2=CCC[C@H](C)[C@]21C. The fourth-order valence-corrected chi connectivity index (χ4v) is 3.58. The van der Waals surface area contributed by atoms with E-state index >= 15 is 0 Å². The molecule has 1 fully saturated rings. The number of carbonyl (C=O) groups excluding carboxylic acids is 1. The fraction of sp³-hybridized carbons (Fsp3) is 0.667. The van der Waals surface area contributed by atoms with E-state index in [0.717, 1.165) is 18.4 Å². The number of fused-ring (bicyclic) bond motifs is 1. The first kappa shape index (κ1) is 11.6. The lowest BCUT2D eigenvalue weighted by Gasteiger charge is -2.41. The lowest BCUT2D eigenvalue weighted by molar-refractivity contribution is -0.122. The largest absolute Gasteiger partial charge is 0.294 e. The molecule has 0 aliphatic heterocycles. The molecule has 1 saturated carbocycles. The van der Waals surface area contributed by atoms with Crippen molar-refractivity contribution in [2.24, 2.45) is 17.3 Å². The second-order valence-electron chi connectivity index (χ2n) is 5.73. The molecular weight excluding hydrogens is 196 g/mol. The van der Waals surface area contributed by atoms with E-state index in [1.165, 1.54) is 18.4 Å². The van der Waals surface area contributed by atoms with Crippen LogP contribution in [0.15, 0.2) is 23.8 Å². The number of hydrogen-bond acceptors (Lipinski definition) is 1. The first-order valence-electron chi connectivity index (χ1n) is 6.37. The van der Waals surface area contributed by atoms with E-state index in [4.69, 9.17) is 0 Å². The maximum Gasteiger partial charge on any atom is 0.161 e. The highest BCUT2D eigenvalue weighted by Crippen LogP contribution is 2.56. The van der Waals surface area contributed by atoms with Crippen molar-refractivity contribution < 1.29 is 4.79 Å². The Morgan fingerprint density at radius 2 is 2.19 bits per heavy atom. The lowest BCUT2D eigenvalue weighted by Crippen LogP contribution is -2.37. The van der Waals surface area contributed by atoms with Gasteiger partial charge in [0.25, 0.3) is 0 Å². The molecule has 0 unspecified atom stereocenters. The third-order valence-corrected chi connectivity index (χ3v) is 4.87. The zero-order valence-corrected chi connectivity index (χ0v) is 10.7.